The third kappa shape index (κ3) is 5.91. The molecule has 188 valence electrons. The van der Waals surface area contributed by atoms with Crippen LogP contribution >= 0.6 is 22.9 Å². The number of unbranched alkanes of at least 4 members (excludes halogenated alkanes) is 1. The summed E-state index contributed by atoms with van der Waals surface area (Å²) in [5, 5.41) is 6.14. The molecular weight excluding hydrogens is 501 g/mol. The second-order valence-electron chi connectivity index (χ2n) is 8.92. The molecule has 1 saturated heterocycles. The highest BCUT2D eigenvalue weighted by Gasteiger charge is 2.25. The summed E-state index contributed by atoms with van der Waals surface area (Å²) < 4.78 is 19.1. The maximum absolute atomic E-state index is 13.4. The normalized spacial score (nSPS) is 15.6. The molecule has 3 aromatic rings. The topological polar surface area (TPSA) is 79.7 Å². The molecule has 2 aliphatic heterocycles. The van der Waals surface area contributed by atoms with Crippen LogP contribution in [-0.4, -0.2) is 59.1 Å². The molecule has 1 fully saturated rings. The van der Waals surface area contributed by atoms with Gasteiger partial charge in [0.1, 0.15) is 35.2 Å². The van der Waals surface area contributed by atoms with Gasteiger partial charge in [-0.15, -0.1) is 11.3 Å². The van der Waals surface area contributed by atoms with Gasteiger partial charge in [0.05, 0.1) is 17.2 Å². The molecule has 36 heavy (non-hydrogen) atoms. The lowest BCUT2D eigenvalue weighted by atomic mass is 9.99. The number of hydrogen-bond acceptors (Lipinski definition) is 8. The van der Waals surface area contributed by atoms with Gasteiger partial charge in [-0.3, -0.25) is 14.8 Å². The number of fused-ring (bicyclic) bond motifs is 1. The third-order valence-corrected chi connectivity index (χ3v) is 7.37. The van der Waals surface area contributed by atoms with Crippen molar-refractivity contribution >= 4 is 45.3 Å². The third-order valence-electron chi connectivity index (χ3n) is 6.28. The van der Waals surface area contributed by atoms with E-state index in [1.54, 1.807) is 12.3 Å². The predicted octanol–water partition coefficient (Wildman–Crippen LogP) is 6.02. The van der Waals surface area contributed by atoms with E-state index in [1.165, 1.54) is 61.9 Å². The van der Waals surface area contributed by atoms with Gasteiger partial charge in [-0.05, 0) is 63.5 Å². The van der Waals surface area contributed by atoms with Crippen molar-refractivity contribution in [3.63, 3.8) is 0 Å². The van der Waals surface area contributed by atoms with Crippen LogP contribution in [0.4, 0.5) is 15.2 Å². The summed E-state index contributed by atoms with van der Waals surface area (Å²) in [5.41, 5.74) is 2.85. The van der Waals surface area contributed by atoms with E-state index >= 15 is 0 Å². The quantitative estimate of drug-likeness (QED) is 0.325. The van der Waals surface area contributed by atoms with E-state index in [1.807, 2.05) is 5.38 Å². The van der Waals surface area contributed by atoms with Crippen molar-refractivity contribution in [2.24, 2.45) is 4.99 Å². The van der Waals surface area contributed by atoms with Crippen LogP contribution in [0.15, 0.2) is 40.8 Å². The lowest BCUT2D eigenvalue weighted by Crippen LogP contribution is -2.20. The summed E-state index contributed by atoms with van der Waals surface area (Å²) in [7, 11) is 0. The molecule has 0 spiro atoms. The zero-order valence-corrected chi connectivity index (χ0v) is 21.4. The van der Waals surface area contributed by atoms with Crippen molar-refractivity contribution in [2.75, 3.05) is 38.1 Å². The van der Waals surface area contributed by atoms with E-state index in [9.17, 15) is 9.18 Å². The molecule has 2 aromatic heterocycles. The number of benzene rings is 1. The number of halogens is 2. The molecule has 0 radical (unpaired) electrons. The number of anilines is 1. The summed E-state index contributed by atoms with van der Waals surface area (Å²) in [6.45, 7) is 4.58. The van der Waals surface area contributed by atoms with Crippen LogP contribution in [0.5, 0.6) is 5.75 Å². The van der Waals surface area contributed by atoms with Gasteiger partial charge in [0.2, 0.25) is 0 Å². The maximum atomic E-state index is 13.4. The number of hydrogen-bond donors (Lipinski definition) is 1. The van der Waals surface area contributed by atoms with Crippen molar-refractivity contribution in [2.45, 2.75) is 32.1 Å². The molecule has 2 aliphatic rings. The minimum atomic E-state index is -0.516. The summed E-state index contributed by atoms with van der Waals surface area (Å²) in [5.74, 6) is -0.159. The van der Waals surface area contributed by atoms with Crippen LogP contribution in [-0.2, 0) is 0 Å². The number of nitrogens with one attached hydrogen (secondary N) is 1. The fraction of sp³-hybridized carbons (Fsp3) is 0.385. The molecule has 0 bridgehead atoms. The van der Waals surface area contributed by atoms with Crippen molar-refractivity contribution in [3.05, 3.63) is 52.2 Å². The van der Waals surface area contributed by atoms with Crippen LogP contribution in [0.1, 0.15) is 42.5 Å². The molecule has 7 nitrogen and oxygen atoms in total. The highest BCUT2D eigenvalue weighted by Crippen LogP contribution is 2.36. The number of ketones is 1. The summed E-state index contributed by atoms with van der Waals surface area (Å²) in [4.78, 5) is 29.2. The number of pyridine rings is 1. The number of aliphatic imine (C=N–C) groups is 1. The number of Topliss-reactive ketones (excluding diaryl/α,β-unsaturated/α-hetero) is 1. The number of ether oxygens (including phenoxy) is 1. The highest BCUT2D eigenvalue weighted by molar-refractivity contribution is 7.14. The van der Waals surface area contributed by atoms with Crippen LogP contribution in [0.3, 0.4) is 0 Å². The van der Waals surface area contributed by atoms with Crippen LogP contribution in [0, 0.1) is 5.82 Å². The van der Waals surface area contributed by atoms with E-state index in [0.29, 0.717) is 34.1 Å². The lowest BCUT2D eigenvalue weighted by molar-refractivity contribution is 0.0998. The van der Waals surface area contributed by atoms with E-state index in [0.717, 1.165) is 24.6 Å². The van der Waals surface area contributed by atoms with Crippen molar-refractivity contribution in [3.8, 4) is 17.1 Å². The SMILES string of the molecule is O=C1CC(COc2ccc(F)c(Cl)c2)=Nc2c1ccnc2-c1csc(NCCCCN2CCCC2)n1. The Morgan fingerprint density at radius 3 is 2.89 bits per heavy atom. The first-order chi connectivity index (χ1) is 17.6. The Morgan fingerprint density at radius 1 is 1.19 bits per heavy atom. The molecule has 0 unspecified atom stereocenters. The largest absolute Gasteiger partial charge is 0.488 e. The summed E-state index contributed by atoms with van der Waals surface area (Å²) in [6.07, 6.45) is 6.67. The Hall–Kier alpha value is -2.88. The molecule has 0 saturated carbocycles. The fourth-order valence-corrected chi connectivity index (χ4v) is 5.29. The molecule has 0 atom stereocenters. The molecule has 5 rings (SSSR count). The van der Waals surface area contributed by atoms with E-state index in [-0.39, 0.29) is 23.8 Å². The number of aromatic nitrogens is 2. The van der Waals surface area contributed by atoms with E-state index in [2.05, 4.69) is 15.2 Å². The number of likely N-dealkylation sites (tertiary alicyclic amines) is 1. The van der Waals surface area contributed by atoms with Gasteiger partial charge in [0.15, 0.2) is 10.9 Å². The minimum Gasteiger partial charge on any atom is -0.488 e. The Kier molecular flexibility index (Phi) is 7.89. The molecule has 1 aromatic carbocycles. The molecular formula is C26H27ClFN5O2S. The van der Waals surface area contributed by atoms with Crippen LogP contribution in [0.2, 0.25) is 5.02 Å². The van der Waals surface area contributed by atoms with Gasteiger partial charge in [-0.25, -0.2) is 9.37 Å². The van der Waals surface area contributed by atoms with Crippen LogP contribution in [0.25, 0.3) is 11.4 Å². The van der Waals surface area contributed by atoms with Crippen molar-refractivity contribution in [1.82, 2.24) is 14.9 Å². The minimum absolute atomic E-state index is 0.0227. The predicted molar refractivity (Wildman–Crippen MR) is 142 cm³/mol. The van der Waals surface area contributed by atoms with Gasteiger partial charge in [-0.1, -0.05) is 11.6 Å². The van der Waals surface area contributed by atoms with Crippen molar-refractivity contribution < 1.29 is 13.9 Å². The molecule has 10 heteroatoms. The Morgan fingerprint density at radius 2 is 2.06 bits per heavy atom. The standard InChI is InChI=1S/C26H27ClFN5O2S/c27-20-14-18(5-6-21(20)28)35-15-17-13-23(34)19-7-9-29-25(24(19)31-17)22-16-36-26(32-22)30-8-1-2-10-33-11-3-4-12-33/h5-7,9,14,16H,1-4,8,10-13,15H2,(H,30,32). The Labute approximate surface area is 218 Å². The van der Waals surface area contributed by atoms with Gasteiger partial charge in [-0.2, -0.15) is 0 Å². The molecule has 0 amide bonds. The second-order valence-corrected chi connectivity index (χ2v) is 10.2. The number of rotatable bonds is 10. The van der Waals surface area contributed by atoms with Gasteiger partial charge in [0.25, 0.3) is 0 Å². The number of nitrogens with zero attached hydrogens (tertiary/aromatic N) is 4. The summed E-state index contributed by atoms with van der Waals surface area (Å²) >= 11 is 7.35. The molecule has 4 heterocycles. The molecule has 0 aliphatic carbocycles. The van der Waals surface area contributed by atoms with Gasteiger partial charge in [0, 0.05) is 29.8 Å². The fourth-order valence-electron chi connectivity index (χ4n) is 4.40. The Balaban J connectivity index is 1.24. The number of carbonyl (C=O) groups excluding carboxylic acids is 1. The van der Waals surface area contributed by atoms with Gasteiger partial charge >= 0.3 is 0 Å². The highest BCUT2D eigenvalue weighted by atomic mass is 35.5. The van der Waals surface area contributed by atoms with E-state index < -0.39 is 5.82 Å². The zero-order chi connectivity index (χ0) is 24.9. The Bertz CT molecular complexity index is 1270. The summed E-state index contributed by atoms with van der Waals surface area (Å²) in [6, 6.07) is 5.82. The van der Waals surface area contributed by atoms with Crippen LogP contribution < -0.4 is 10.1 Å². The first kappa shape index (κ1) is 24.8. The first-order valence-electron chi connectivity index (χ1n) is 12.2. The second kappa shape index (κ2) is 11.5. The first-order valence-corrected chi connectivity index (χ1v) is 13.4. The average Bonchev–Trinajstić information content (AvgIpc) is 3.57. The number of carbonyl (C=O) groups is 1. The molecule has 1 N–H and O–H groups in total. The smallest absolute Gasteiger partial charge is 0.183 e. The van der Waals surface area contributed by atoms with Gasteiger partial charge < -0.3 is 15.0 Å². The van der Waals surface area contributed by atoms with E-state index in [4.69, 9.17) is 26.3 Å². The monoisotopic (exact) mass is 527 g/mol. The maximum Gasteiger partial charge on any atom is 0.183 e. The van der Waals surface area contributed by atoms with Crippen molar-refractivity contribution in [1.29, 1.82) is 0 Å². The number of thiazole rings is 1. The average molecular weight is 528 g/mol. The zero-order valence-electron chi connectivity index (χ0n) is 19.8. The lowest BCUT2D eigenvalue weighted by Gasteiger charge is -2.17.